The fraction of sp³-hybridized carbons (Fsp3) is 0.375. The van der Waals surface area contributed by atoms with Crippen molar-refractivity contribution in [3.05, 3.63) is 70.5 Å². The molecule has 2 aromatic carbocycles. The van der Waals surface area contributed by atoms with Gasteiger partial charge in [0.2, 0.25) is 0 Å². The molecule has 5 nitrogen and oxygen atoms in total. The average molecular weight is 392 g/mol. The summed E-state index contributed by atoms with van der Waals surface area (Å²) in [6, 6.07) is 13.0. The van der Waals surface area contributed by atoms with Crippen LogP contribution in [0.2, 0.25) is 0 Å². The first-order valence-corrected chi connectivity index (χ1v) is 10.2. The normalized spacial score (nSPS) is 15.8. The van der Waals surface area contributed by atoms with Crippen molar-refractivity contribution < 1.29 is 9.47 Å². The summed E-state index contributed by atoms with van der Waals surface area (Å²) in [5, 5.41) is 8.47. The maximum Gasteiger partial charge on any atom is 0.161 e. The number of aryl methyl sites for hydroxylation is 2. The van der Waals surface area contributed by atoms with Crippen molar-refractivity contribution in [1.82, 2.24) is 15.1 Å². The molecule has 1 heterocycles. The Balaban J connectivity index is 1.54. The molecular formula is C24H29N3O2. The molecule has 4 rings (SSSR count). The summed E-state index contributed by atoms with van der Waals surface area (Å²) in [5.74, 6) is 1.52. The van der Waals surface area contributed by atoms with Crippen molar-refractivity contribution in [2.75, 3.05) is 14.2 Å². The van der Waals surface area contributed by atoms with Crippen LogP contribution in [-0.4, -0.2) is 24.0 Å². The van der Waals surface area contributed by atoms with E-state index in [1.165, 1.54) is 27.9 Å². The van der Waals surface area contributed by atoms with Gasteiger partial charge in [-0.2, -0.15) is 5.10 Å². The van der Waals surface area contributed by atoms with Crippen molar-refractivity contribution in [3.63, 3.8) is 0 Å². The third-order valence-corrected chi connectivity index (χ3v) is 5.63. The SMILES string of the molecule is COc1ccc(CN[C@@H]2CCCc3c2cnn3-c2cc(C)cc(C)c2)cc1OC. The predicted molar refractivity (Wildman–Crippen MR) is 115 cm³/mol. The summed E-state index contributed by atoms with van der Waals surface area (Å²) >= 11 is 0. The van der Waals surface area contributed by atoms with Gasteiger partial charge in [-0.15, -0.1) is 0 Å². The first kappa shape index (κ1) is 19.5. The fourth-order valence-electron chi connectivity index (χ4n) is 4.30. The van der Waals surface area contributed by atoms with Gasteiger partial charge in [-0.1, -0.05) is 12.1 Å². The summed E-state index contributed by atoms with van der Waals surface area (Å²) in [6.07, 6.45) is 5.39. The molecule has 0 radical (unpaired) electrons. The van der Waals surface area contributed by atoms with Gasteiger partial charge < -0.3 is 14.8 Å². The van der Waals surface area contributed by atoms with Gasteiger partial charge in [0.25, 0.3) is 0 Å². The number of ether oxygens (including phenoxy) is 2. The van der Waals surface area contributed by atoms with E-state index in [9.17, 15) is 0 Å². The molecule has 1 aliphatic rings. The van der Waals surface area contributed by atoms with E-state index in [4.69, 9.17) is 14.6 Å². The molecule has 5 heteroatoms. The van der Waals surface area contributed by atoms with Crippen molar-refractivity contribution in [1.29, 1.82) is 0 Å². The highest BCUT2D eigenvalue weighted by molar-refractivity contribution is 5.44. The van der Waals surface area contributed by atoms with Crippen molar-refractivity contribution >= 4 is 0 Å². The van der Waals surface area contributed by atoms with Crippen LogP contribution in [0.3, 0.4) is 0 Å². The highest BCUT2D eigenvalue weighted by Crippen LogP contribution is 2.32. The third kappa shape index (κ3) is 4.01. The quantitative estimate of drug-likeness (QED) is 0.663. The van der Waals surface area contributed by atoms with Crippen molar-refractivity contribution in [2.24, 2.45) is 0 Å². The number of aromatic nitrogens is 2. The molecule has 0 spiro atoms. The highest BCUT2D eigenvalue weighted by atomic mass is 16.5. The van der Waals surface area contributed by atoms with E-state index >= 15 is 0 Å². The number of nitrogens with one attached hydrogen (secondary N) is 1. The van der Waals surface area contributed by atoms with Gasteiger partial charge in [-0.05, 0) is 74.1 Å². The Kier molecular flexibility index (Phi) is 5.58. The van der Waals surface area contributed by atoms with Crippen LogP contribution in [0.25, 0.3) is 5.69 Å². The fourth-order valence-corrected chi connectivity index (χ4v) is 4.30. The summed E-state index contributed by atoms with van der Waals surface area (Å²) in [4.78, 5) is 0. The van der Waals surface area contributed by atoms with E-state index in [2.05, 4.69) is 48.1 Å². The molecule has 0 saturated carbocycles. The van der Waals surface area contributed by atoms with Gasteiger partial charge in [-0.3, -0.25) is 0 Å². The second-order valence-electron chi connectivity index (χ2n) is 7.82. The van der Waals surface area contributed by atoms with Crippen LogP contribution < -0.4 is 14.8 Å². The Morgan fingerprint density at radius 2 is 1.79 bits per heavy atom. The monoisotopic (exact) mass is 391 g/mol. The van der Waals surface area contributed by atoms with Gasteiger partial charge in [-0.25, -0.2) is 4.68 Å². The van der Waals surface area contributed by atoms with Gasteiger partial charge in [0.05, 0.1) is 26.1 Å². The maximum atomic E-state index is 5.43. The number of rotatable bonds is 6. The van der Waals surface area contributed by atoms with E-state index in [-0.39, 0.29) is 0 Å². The lowest BCUT2D eigenvalue weighted by atomic mass is 9.92. The van der Waals surface area contributed by atoms with E-state index in [1.54, 1.807) is 14.2 Å². The molecule has 0 amide bonds. The molecule has 29 heavy (non-hydrogen) atoms. The Bertz CT molecular complexity index is 989. The molecule has 1 aromatic heterocycles. The lowest BCUT2D eigenvalue weighted by molar-refractivity contribution is 0.354. The zero-order chi connectivity index (χ0) is 20.4. The molecule has 0 fully saturated rings. The second kappa shape index (κ2) is 8.29. The number of methoxy groups -OCH3 is 2. The maximum absolute atomic E-state index is 5.43. The van der Waals surface area contributed by atoms with Crippen LogP contribution in [0.4, 0.5) is 0 Å². The minimum atomic E-state index is 0.312. The summed E-state index contributed by atoms with van der Waals surface area (Å²) < 4.78 is 12.9. The van der Waals surface area contributed by atoms with E-state index < -0.39 is 0 Å². The lowest BCUT2D eigenvalue weighted by Crippen LogP contribution is -2.25. The zero-order valence-corrected chi connectivity index (χ0v) is 17.7. The number of nitrogens with zero attached hydrogens (tertiary/aromatic N) is 2. The molecule has 0 unspecified atom stereocenters. The Labute approximate surface area is 172 Å². The molecule has 1 aliphatic carbocycles. The minimum Gasteiger partial charge on any atom is -0.493 e. The first-order chi connectivity index (χ1) is 14.1. The van der Waals surface area contributed by atoms with Crippen LogP contribution in [0.1, 0.15) is 46.8 Å². The molecule has 3 aromatic rings. The van der Waals surface area contributed by atoms with Gasteiger partial charge in [0, 0.05) is 23.8 Å². The summed E-state index contributed by atoms with van der Waals surface area (Å²) in [7, 11) is 3.33. The minimum absolute atomic E-state index is 0.312. The zero-order valence-electron chi connectivity index (χ0n) is 17.7. The number of benzene rings is 2. The molecule has 1 atom stereocenters. The molecule has 0 aliphatic heterocycles. The van der Waals surface area contributed by atoms with Crippen molar-refractivity contribution in [3.8, 4) is 17.2 Å². The second-order valence-corrected chi connectivity index (χ2v) is 7.82. The highest BCUT2D eigenvalue weighted by Gasteiger charge is 2.24. The molecular weight excluding hydrogens is 362 g/mol. The first-order valence-electron chi connectivity index (χ1n) is 10.2. The molecule has 1 N–H and O–H groups in total. The number of fused-ring (bicyclic) bond motifs is 1. The van der Waals surface area contributed by atoms with Gasteiger partial charge in [0.1, 0.15) is 0 Å². The van der Waals surface area contributed by atoms with E-state index in [0.717, 1.165) is 43.0 Å². The Morgan fingerprint density at radius 3 is 2.52 bits per heavy atom. The van der Waals surface area contributed by atoms with Gasteiger partial charge in [0.15, 0.2) is 11.5 Å². The average Bonchev–Trinajstić information content (AvgIpc) is 3.16. The molecule has 152 valence electrons. The van der Waals surface area contributed by atoms with Gasteiger partial charge >= 0.3 is 0 Å². The summed E-state index contributed by atoms with van der Waals surface area (Å²) in [5.41, 5.74) is 7.51. The standard InChI is InChI=1S/C24H29N3O2/c1-16-10-17(2)12-19(11-16)27-22-7-5-6-21(20(22)15-26-27)25-14-18-8-9-23(28-3)24(13-18)29-4/h8-13,15,21,25H,5-7,14H2,1-4H3/t21-/m1/s1. The Morgan fingerprint density at radius 1 is 1.03 bits per heavy atom. The van der Waals surface area contributed by atoms with E-state index in [0.29, 0.717) is 6.04 Å². The smallest absolute Gasteiger partial charge is 0.161 e. The largest absolute Gasteiger partial charge is 0.493 e. The van der Waals surface area contributed by atoms with Crippen molar-refractivity contribution in [2.45, 2.75) is 45.7 Å². The van der Waals surface area contributed by atoms with E-state index in [1.807, 2.05) is 18.3 Å². The van der Waals surface area contributed by atoms with Crippen LogP contribution >= 0.6 is 0 Å². The molecule has 0 saturated heterocycles. The van der Waals surface area contributed by atoms with Crippen LogP contribution in [0, 0.1) is 13.8 Å². The lowest BCUT2D eigenvalue weighted by Gasteiger charge is -2.24. The Hall–Kier alpha value is -2.79. The van der Waals surface area contributed by atoms with Crippen LogP contribution in [-0.2, 0) is 13.0 Å². The van der Waals surface area contributed by atoms with Crippen LogP contribution in [0.5, 0.6) is 11.5 Å². The third-order valence-electron chi connectivity index (χ3n) is 5.63. The number of hydrogen-bond acceptors (Lipinski definition) is 4. The summed E-state index contributed by atoms with van der Waals surface area (Å²) in [6.45, 7) is 5.05. The topological polar surface area (TPSA) is 48.3 Å². The molecule has 0 bridgehead atoms. The predicted octanol–water partition coefficient (Wildman–Crippen LogP) is 4.67. The number of hydrogen-bond donors (Lipinski definition) is 1. The van der Waals surface area contributed by atoms with Crippen LogP contribution in [0.15, 0.2) is 42.6 Å².